The first-order chi connectivity index (χ1) is 21.8. The molecule has 7 aromatic rings. The maximum absolute atomic E-state index is 15.7. The molecule has 7 aromatic carbocycles. The number of hydrogen-bond acceptors (Lipinski definition) is 1. The molecule has 2 aliphatic rings. The van der Waals surface area contributed by atoms with Crippen LogP contribution in [0.1, 0.15) is 45.2 Å². The lowest BCUT2D eigenvalue weighted by molar-refractivity contribution is -0.141. The third kappa shape index (κ3) is 2.97. The lowest BCUT2D eigenvalue weighted by Crippen LogP contribution is -2.70. The number of rotatable bonds is 4. The van der Waals surface area contributed by atoms with Crippen LogP contribution in [0.3, 0.4) is 0 Å². The summed E-state index contributed by atoms with van der Waals surface area (Å²) in [5, 5.41) is 4.94. The minimum Gasteiger partial charge on any atom is -0.298 e. The summed E-state index contributed by atoms with van der Waals surface area (Å²) >= 11 is 0. The average Bonchev–Trinajstić information content (AvgIpc) is 3.35. The lowest BCUT2D eigenvalue weighted by atomic mass is 9.36. The van der Waals surface area contributed by atoms with Crippen molar-refractivity contribution in [2.45, 2.75) is 22.7 Å². The Kier molecular flexibility index (Phi) is 5.37. The zero-order chi connectivity index (χ0) is 29.3. The normalized spacial score (nSPS) is 23.7. The summed E-state index contributed by atoms with van der Waals surface area (Å²) < 4.78 is 0. The molecule has 1 saturated carbocycles. The van der Waals surface area contributed by atoms with Crippen molar-refractivity contribution in [3.05, 3.63) is 203 Å². The predicted molar refractivity (Wildman–Crippen MR) is 179 cm³/mol. The van der Waals surface area contributed by atoms with Crippen molar-refractivity contribution >= 4 is 27.3 Å². The van der Waals surface area contributed by atoms with Gasteiger partial charge in [0.2, 0.25) is 0 Å². The van der Waals surface area contributed by atoms with Crippen LogP contribution in [0.2, 0.25) is 0 Å². The molecule has 1 nitrogen and oxygen atoms in total. The van der Waals surface area contributed by atoms with Crippen LogP contribution < -0.4 is 0 Å². The Morgan fingerprint density at radius 2 is 0.750 bits per heavy atom. The number of ketones is 1. The van der Waals surface area contributed by atoms with Crippen molar-refractivity contribution in [2.24, 2.45) is 0 Å². The summed E-state index contributed by atoms with van der Waals surface area (Å²) in [6.07, 6.45) is 0. The Balaban J connectivity index is 1.58. The number of carbonyl (C=O) groups is 1. The summed E-state index contributed by atoms with van der Waals surface area (Å²) in [5.41, 5.74) is 5.60. The largest absolute Gasteiger partial charge is 0.298 e. The molecule has 208 valence electrons. The van der Waals surface area contributed by atoms with E-state index >= 15 is 4.79 Å². The fourth-order valence-electron chi connectivity index (χ4n) is 9.18. The Morgan fingerprint density at radius 1 is 0.364 bits per heavy atom. The number of Topliss-reactive ketones (excluding diaryl/α,β-unsaturated/α-hetero) is 1. The second kappa shape index (κ2) is 9.36. The van der Waals surface area contributed by atoms with Crippen LogP contribution in [0.5, 0.6) is 0 Å². The molecule has 4 atom stereocenters. The number of carbonyl (C=O) groups excluding carboxylic acids is 1. The van der Waals surface area contributed by atoms with E-state index in [2.05, 4.69) is 164 Å². The molecule has 0 heterocycles. The third-order valence-electron chi connectivity index (χ3n) is 10.5. The van der Waals surface area contributed by atoms with Crippen molar-refractivity contribution in [1.82, 2.24) is 0 Å². The molecule has 1 fully saturated rings. The summed E-state index contributed by atoms with van der Waals surface area (Å²) in [5.74, 6) is -0.233. The quantitative estimate of drug-likeness (QED) is 0.195. The van der Waals surface area contributed by atoms with Crippen molar-refractivity contribution in [2.75, 3.05) is 0 Å². The zero-order valence-corrected chi connectivity index (χ0v) is 24.2. The van der Waals surface area contributed by atoms with Crippen LogP contribution >= 0.6 is 0 Å². The van der Waals surface area contributed by atoms with E-state index in [-0.39, 0.29) is 17.6 Å². The molecule has 0 bridgehead atoms. The molecule has 0 aromatic heterocycles. The lowest BCUT2D eigenvalue weighted by Gasteiger charge is -2.62. The summed E-state index contributed by atoms with van der Waals surface area (Å²) in [6, 6.07) is 60.5. The van der Waals surface area contributed by atoms with E-state index < -0.39 is 10.8 Å². The van der Waals surface area contributed by atoms with Crippen LogP contribution in [0, 0.1) is 0 Å². The molecule has 0 radical (unpaired) electrons. The fourth-order valence-corrected chi connectivity index (χ4v) is 9.18. The molecule has 9 rings (SSSR count). The topological polar surface area (TPSA) is 17.1 Å². The fraction of sp³-hybridized carbons (Fsp3) is 0.0930. The molecule has 0 amide bonds. The first kappa shape index (κ1) is 25.2. The average molecular weight is 563 g/mol. The van der Waals surface area contributed by atoms with Crippen molar-refractivity contribution in [3.8, 4) is 0 Å². The Morgan fingerprint density at radius 3 is 1.30 bits per heavy atom. The number of benzene rings is 7. The zero-order valence-electron chi connectivity index (χ0n) is 24.2. The van der Waals surface area contributed by atoms with Crippen LogP contribution in [0.15, 0.2) is 170 Å². The second-order valence-electron chi connectivity index (χ2n) is 12.3. The van der Waals surface area contributed by atoms with Crippen LogP contribution in [0.25, 0.3) is 21.5 Å². The molecule has 0 unspecified atom stereocenters. The van der Waals surface area contributed by atoms with E-state index in [1.807, 2.05) is 6.07 Å². The van der Waals surface area contributed by atoms with E-state index in [0.717, 1.165) is 11.1 Å². The molecular formula is C43H30O. The van der Waals surface area contributed by atoms with Gasteiger partial charge in [0.05, 0.1) is 16.7 Å². The highest BCUT2D eigenvalue weighted by Crippen LogP contribution is 2.78. The maximum Gasteiger partial charge on any atom is 0.154 e. The highest BCUT2D eigenvalue weighted by Gasteiger charge is 2.81. The van der Waals surface area contributed by atoms with E-state index in [0.29, 0.717) is 0 Å². The number of fused-ring (bicyclic) bond motifs is 8. The van der Waals surface area contributed by atoms with Gasteiger partial charge in [0.15, 0.2) is 5.78 Å². The molecule has 0 aliphatic heterocycles. The van der Waals surface area contributed by atoms with Crippen molar-refractivity contribution in [3.63, 3.8) is 0 Å². The van der Waals surface area contributed by atoms with Gasteiger partial charge in [0.1, 0.15) is 0 Å². The van der Waals surface area contributed by atoms with Crippen LogP contribution in [-0.2, 0) is 15.6 Å². The monoisotopic (exact) mass is 562 g/mol. The number of hydrogen-bond donors (Lipinski definition) is 0. The molecule has 0 spiro atoms. The van der Waals surface area contributed by atoms with Gasteiger partial charge in [-0.3, -0.25) is 4.79 Å². The maximum atomic E-state index is 15.7. The van der Waals surface area contributed by atoms with Gasteiger partial charge in [-0.2, -0.15) is 0 Å². The SMILES string of the molecule is O=C1[C@H](c2ccccc2)[C@]2(c3ccccc3)c3c(c4ccccc4c4ccccc34)[C@@H](c3ccccc3)[C@]12c1ccccc1. The van der Waals surface area contributed by atoms with Gasteiger partial charge in [0, 0.05) is 5.92 Å². The van der Waals surface area contributed by atoms with Crippen LogP contribution in [0.4, 0.5) is 0 Å². The molecule has 0 N–H and O–H groups in total. The molecular weight excluding hydrogens is 532 g/mol. The van der Waals surface area contributed by atoms with Gasteiger partial charge < -0.3 is 0 Å². The van der Waals surface area contributed by atoms with Crippen molar-refractivity contribution in [1.29, 1.82) is 0 Å². The van der Waals surface area contributed by atoms with Crippen molar-refractivity contribution < 1.29 is 4.79 Å². The summed E-state index contributed by atoms with van der Waals surface area (Å²) in [6.45, 7) is 0. The van der Waals surface area contributed by atoms with E-state index in [9.17, 15) is 0 Å². The molecule has 2 aliphatic carbocycles. The van der Waals surface area contributed by atoms with Gasteiger partial charge in [-0.1, -0.05) is 170 Å². The Bertz CT molecular complexity index is 2190. The predicted octanol–water partition coefficient (Wildman–Crippen LogP) is 9.73. The van der Waals surface area contributed by atoms with E-state index in [1.165, 1.54) is 43.8 Å². The Hall–Kier alpha value is -5.27. The first-order valence-electron chi connectivity index (χ1n) is 15.5. The van der Waals surface area contributed by atoms with Crippen LogP contribution in [-0.4, -0.2) is 5.78 Å². The standard InChI is InChI=1S/C43H30O/c44-41-39(30-19-7-2-8-20-30)42(31-21-9-3-10-22-31)40-36-28-16-14-26-34(36)33-25-13-15-27-35(33)37(40)38(29-17-5-1-6-18-29)43(41,42)32-23-11-4-12-24-32/h1-28,38-39H/t38-,39+,42-,43-/m1/s1. The minimum atomic E-state index is -0.854. The third-order valence-corrected chi connectivity index (χ3v) is 10.5. The second-order valence-corrected chi connectivity index (χ2v) is 12.3. The Labute approximate surface area is 257 Å². The smallest absolute Gasteiger partial charge is 0.154 e. The van der Waals surface area contributed by atoms with Gasteiger partial charge in [-0.25, -0.2) is 0 Å². The molecule has 44 heavy (non-hydrogen) atoms. The van der Waals surface area contributed by atoms with Gasteiger partial charge in [0.25, 0.3) is 0 Å². The van der Waals surface area contributed by atoms with Gasteiger partial charge >= 0.3 is 0 Å². The molecule has 1 heteroatoms. The highest BCUT2D eigenvalue weighted by molar-refractivity contribution is 6.19. The highest BCUT2D eigenvalue weighted by atomic mass is 16.1. The summed E-state index contributed by atoms with van der Waals surface area (Å²) in [4.78, 5) is 15.7. The van der Waals surface area contributed by atoms with E-state index in [4.69, 9.17) is 0 Å². The summed E-state index contributed by atoms with van der Waals surface area (Å²) in [7, 11) is 0. The first-order valence-corrected chi connectivity index (χ1v) is 15.5. The minimum absolute atomic E-state index is 0.178. The van der Waals surface area contributed by atoms with E-state index in [1.54, 1.807) is 0 Å². The van der Waals surface area contributed by atoms with Gasteiger partial charge in [-0.05, 0) is 54.9 Å². The van der Waals surface area contributed by atoms with Gasteiger partial charge in [-0.15, -0.1) is 0 Å². The molecule has 0 saturated heterocycles.